The summed E-state index contributed by atoms with van der Waals surface area (Å²) in [7, 11) is 0. The van der Waals surface area contributed by atoms with Crippen LogP contribution in [-0.4, -0.2) is 18.5 Å². The second-order valence-corrected chi connectivity index (χ2v) is 4.61. The highest BCUT2D eigenvalue weighted by Gasteiger charge is 2.07. The zero-order valence-electron chi connectivity index (χ0n) is 11.1. The summed E-state index contributed by atoms with van der Waals surface area (Å²) in [4.78, 5) is 23.3. The van der Waals surface area contributed by atoms with E-state index in [4.69, 9.17) is 11.6 Å². The second-order valence-electron chi connectivity index (χ2n) is 4.20. The van der Waals surface area contributed by atoms with Crippen LogP contribution in [0.5, 0.6) is 0 Å². The number of para-hydroxylation sites is 2. The van der Waals surface area contributed by atoms with Gasteiger partial charge in [0.2, 0.25) is 5.91 Å². The molecule has 21 heavy (non-hydrogen) atoms. The molecule has 0 unspecified atom stereocenters. The summed E-state index contributed by atoms with van der Waals surface area (Å²) >= 11 is 5.92. The van der Waals surface area contributed by atoms with Gasteiger partial charge in [-0.05, 0) is 24.3 Å². The molecular formula is C15H14ClN3O2. The fourth-order valence-corrected chi connectivity index (χ4v) is 1.80. The lowest BCUT2D eigenvalue weighted by molar-refractivity contribution is -0.115. The van der Waals surface area contributed by atoms with Gasteiger partial charge in [-0.25, -0.2) is 4.79 Å². The number of amides is 3. The highest BCUT2D eigenvalue weighted by atomic mass is 35.5. The summed E-state index contributed by atoms with van der Waals surface area (Å²) in [6.07, 6.45) is 0. The molecule has 2 aromatic rings. The average molecular weight is 304 g/mol. The van der Waals surface area contributed by atoms with Gasteiger partial charge >= 0.3 is 6.03 Å². The number of anilines is 2. The zero-order valence-corrected chi connectivity index (χ0v) is 11.9. The average Bonchev–Trinajstić information content (AvgIpc) is 2.49. The van der Waals surface area contributed by atoms with Crippen molar-refractivity contribution in [1.82, 2.24) is 5.32 Å². The molecule has 3 N–H and O–H groups in total. The first kappa shape index (κ1) is 14.9. The molecule has 2 aromatic carbocycles. The molecule has 5 nitrogen and oxygen atoms in total. The lowest BCUT2D eigenvalue weighted by atomic mass is 10.3. The van der Waals surface area contributed by atoms with Crippen LogP contribution in [0.25, 0.3) is 0 Å². The molecule has 0 aromatic heterocycles. The second kappa shape index (κ2) is 7.31. The third-order valence-corrected chi connectivity index (χ3v) is 2.92. The van der Waals surface area contributed by atoms with Gasteiger partial charge in [-0.3, -0.25) is 4.79 Å². The number of nitrogens with one attached hydrogen (secondary N) is 3. The molecule has 0 spiro atoms. The number of urea groups is 1. The van der Waals surface area contributed by atoms with Crippen LogP contribution in [0.4, 0.5) is 16.2 Å². The first-order chi connectivity index (χ1) is 10.1. The fraction of sp³-hybridized carbons (Fsp3) is 0.0667. The molecule has 0 saturated carbocycles. The Balaban J connectivity index is 1.79. The van der Waals surface area contributed by atoms with Crippen molar-refractivity contribution in [3.8, 4) is 0 Å². The molecule has 0 bridgehead atoms. The molecule has 0 saturated heterocycles. The molecule has 108 valence electrons. The Bertz CT molecular complexity index is 632. The van der Waals surface area contributed by atoms with Crippen molar-refractivity contribution in [2.24, 2.45) is 0 Å². The van der Waals surface area contributed by atoms with E-state index < -0.39 is 6.03 Å². The van der Waals surface area contributed by atoms with E-state index in [9.17, 15) is 9.59 Å². The van der Waals surface area contributed by atoms with Gasteiger partial charge in [0.25, 0.3) is 0 Å². The molecule has 3 amide bonds. The highest BCUT2D eigenvalue weighted by molar-refractivity contribution is 6.33. The van der Waals surface area contributed by atoms with Crippen molar-refractivity contribution in [2.45, 2.75) is 0 Å². The van der Waals surface area contributed by atoms with Gasteiger partial charge in [0.1, 0.15) is 0 Å². The summed E-state index contributed by atoms with van der Waals surface area (Å²) in [5, 5.41) is 8.14. The lowest BCUT2D eigenvalue weighted by Crippen LogP contribution is -2.35. The molecule has 0 aliphatic rings. The maximum Gasteiger partial charge on any atom is 0.319 e. The molecule has 0 radical (unpaired) electrons. The van der Waals surface area contributed by atoms with Crippen molar-refractivity contribution in [3.05, 3.63) is 59.6 Å². The Morgan fingerprint density at radius 2 is 1.57 bits per heavy atom. The topological polar surface area (TPSA) is 70.2 Å². The minimum Gasteiger partial charge on any atom is -0.329 e. The van der Waals surface area contributed by atoms with Crippen molar-refractivity contribution in [2.75, 3.05) is 17.2 Å². The Morgan fingerprint density at radius 3 is 2.29 bits per heavy atom. The van der Waals surface area contributed by atoms with E-state index in [0.717, 1.165) is 0 Å². The predicted octanol–water partition coefficient (Wildman–Crippen LogP) is 3.10. The number of hydrogen-bond acceptors (Lipinski definition) is 2. The van der Waals surface area contributed by atoms with Crippen molar-refractivity contribution in [3.63, 3.8) is 0 Å². The maximum absolute atomic E-state index is 11.7. The van der Waals surface area contributed by atoms with Crippen LogP contribution in [0.2, 0.25) is 5.02 Å². The van der Waals surface area contributed by atoms with Crippen LogP contribution in [0.3, 0.4) is 0 Å². The number of halogens is 1. The molecule has 0 fully saturated rings. The third kappa shape index (κ3) is 4.81. The van der Waals surface area contributed by atoms with E-state index >= 15 is 0 Å². The summed E-state index contributed by atoms with van der Waals surface area (Å²) in [5.74, 6) is -0.355. The van der Waals surface area contributed by atoms with E-state index in [1.54, 1.807) is 48.5 Å². The van der Waals surface area contributed by atoms with E-state index in [1.807, 2.05) is 6.07 Å². The van der Waals surface area contributed by atoms with Crippen LogP contribution < -0.4 is 16.0 Å². The SMILES string of the molecule is O=C(CNC(=O)Nc1ccccc1)Nc1ccccc1Cl. The Kier molecular flexibility index (Phi) is 5.17. The summed E-state index contributed by atoms with van der Waals surface area (Å²) in [6.45, 7) is -0.149. The molecule has 0 atom stereocenters. The molecule has 0 aliphatic carbocycles. The van der Waals surface area contributed by atoms with Crippen LogP contribution in [0.15, 0.2) is 54.6 Å². The number of rotatable bonds is 4. The number of carbonyl (C=O) groups is 2. The summed E-state index contributed by atoms with van der Waals surface area (Å²) in [5.41, 5.74) is 1.16. The van der Waals surface area contributed by atoms with Gasteiger partial charge in [0.05, 0.1) is 17.3 Å². The standard InChI is InChI=1S/C15H14ClN3O2/c16-12-8-4-5-9-13(12)19-14(20)10-17-15(21)18-11-6-2-1-3-7-11/h1-9H,10H2,(H,19,20)(H2,17,18,21). The number of carbonyl (C=O) groups excluding carboxylic acids is 2. The molecule has 0 aliphatic heterocycles. The van der Waals surface area contributed by atoms with Gasteiger partial charge in [-0.2, -0.15) is 0 Å². The first-order valence-corrected chi connectivity index (χ1v) is 6.67. The van der Waals surface area contributed by atoms with Gasteiger partial charge in [0, 0.05) is 5.69 Å². The minimum atomic E-state index is -0.449. The Hall–Kier alpha value is -2.53. The van der Waals surface area contributed by atoms with E-state index in [2.05, 4.69) is 16.0 Å². The van der Waals surface area contributed by atoms with Crippen LogP contribution in [-0.2, 0) is 4.79 Å². The van der Waals surface area contributed by atoms with Crippen molar-refractivity contribution < 1.29 is 9.59 Å². The fourth-order valence-electron chi connectivity index (χ4n) is 1.61. The van der Waals surface area contributed by atoms with Crippen LogP contribution in [0, 0.1) is 0 Å². The van der Waals surface area contributed by atoms with Gasteiger partial charge in [-0.15, -0.1) is 0 Å². The summed E-state index contributed by atoms with van der Waals surface area (Å²) < 4.78 is 0. The highest BCUT2D eigenvalue weighted by Crippen LogP contribution is 2.19. The van der Waals surface area contributed by atoms with E-state index in [0.29, 0.717) is 16.4 Å². The summed E-state index contributed by atoms with van der Waals surface area (Å²) in [6, 6.07) is 15.4. The molecule has 0 heterocycles. The molecule has 2 rings (SSSR count). The van der Waals surface area contributed by atoms with Gasteiger partial charge < -0.3 is 16.0 Å². The lowest BCUT2D eigenvalue weighted by Gasteiger charge is -2.09. The normalized spacial score (nSPS) is 9.76. The smallest absolute Gasteiger partial charge is 0.319 e. The van der Waals surface area contributed by atoms with Gasteiger partial charge in [-0.1, -0.05) is 41.9 Å². The van der Waals surface area contributed by atoms with Gasteiger partial charge in [0.15, 0.2) is 0 Å². The van der Waals surface area contributed by atoms with Crippen LogP contribution >= 0.6 is 11.6 Å². The predicted molar refractivity (Wildman–Crippen MR) is 83.5 cm³/mol. The minimum absolute atomic E-state index is 0.149. The van der Waals surface area contributed by atoms with Crippen molar-refractivity contribution in [1.29, 1.82) is 0 Å². The first-order valence-electron chi connectivity index (χ1n) is 6.29. The number of hydrogen-bond donors (Lipinski definition) is 3. The Morgan fingerprint density at radius 1 is 0.905 bits per heavy atom. The van der Waals surface area contributed by atoms with Crippen LogP contribution in [0.1, 0.15) is 0 Å². The molecule has 6 heteroatoms. The Labute approximate surface area is 127 Å². The largest absolute Gasteiger partial charge is 0.329 e. The number of benzene rings is 2. The maximum atomic E-state index is 11.7. The zero-order chi connectivity index (χ0) is 15.1. The monoisotopic (exact) mass is 303 g/mol. The van der Waals surface area contributed by atoms with E-state index in [1.165, 1.54) is 0 Å². The quantitative estimate of drug-likeness (QED) is 0.812. The van der Waals surface area contributed by atoms with Crippen molar-refractivity contribution >= 4 is 34.9 Å². The molecular weight excluding hydrogens is 290 g/mol. The third-order valence-electron chi connectivity index (χ3n) is 2.59. The van der Waals surface area contributed by atoms with E-state index in [-0.39, 0.29) is 12.5 Å².